The van der Waals surface area contributed by atoms with E-state index < -0.39 is 0 Å². The van der Waals surface area contributed by atoms with Crippen LogP contribution in [-0.4, -0.2) is 12.9 Å². The summed E-state index contributed by atoms with van der Waals surface area (Å²) in [5, 5.41) is 0. The molecule has 0 saturated heterocycles. The van der Waals surface area contributed by atoms with Crippen LogP contribution in [0.3, 0.4) is 0 Å². The molecule has 0 aliphatic carbocycles. The van der Waals surface area contributed by atoms with Crippen molar-refractivity contribution in [3.63, 3.8) is 0 Å². The minimum atomic E-state index is -0.00201. The van der Waals surface area contributed by atoms with E-state index in [0.29, 0.717) is 11.1 Å². The van der Waals surface area contributed by atoms with E-state index in [9.17, 15) is 4.79 Å². The van der Waals surface area contributed by atoms with Crippen molar-refractivity contribution in [2.75, 3.05) is 7.11 Å². The van der Waals surface area contributed by atoms with E-state index >= 15 is 0 Å². The van der Waals surface area contributed by atoms with Crippen LogP contribution < -0.4 is 4.74 Å². The van der Waals surface area contributed by atoms with Gasteiger partial charge in [-0.2, -0.15) is 0 Å². The van der Waals surface area contributed by atoms with Gasteiger partial charge in [0, 0.05) is 15.6 Å². The number of ether oxygens (including phenoxy) is 1. The number of carbonyl (C=O) groups excluding carboxylic acids is 1. The van der Waals surface area contributed by atoms with E-state index in [0.717, 1.165) is 22.2 Å². The number of rotatable bonds is 4. The van der Waals surface area contributed by atoms with E-state index in [1.165, 1.54) is 5.56 Å². The van der Waals surface area contributed by atoms with Crippen LogP contribution in [0.15, 0.2) is 40.9 Å². The fourth-order valence-electron chi connectivity index (χ4n) is 2.08. The van der Waals surface area contributed by atoms with Crippen molar-refractivity contribution < 1.29 is 9.53 Å². The average Bonchev–Trinajstić information content (AvgIpc) is 2.47. The number of hydrogen-bond donors (Lipinski definition) is 0. The molecule has 0 aliphatic rings. The Morgan fingerprint density at radius 1 is 1.20 bits per heavy atom. The van der Waals surface area contributed by atoms with Crippen LogP contribution in [0.25, 0.3) is 0 Å². The fourth-order valence-corrected chi connectivity index (χ4v) is 2.69. The smallest absolute Gasteiger partial charge is 0.194 e. The maximum absolute atomic E-state index is 12.6. The predicted molar refractivity (Wildman–Crippen MR) is 84.7 cm³/mol. The Balaban J connectivity index is 2.41. The molecule has 104 valence electrons. The van der Waals surface area contributed by atoms with Crippen molar-refractivity contribution in [3.8, 4) is 5.75 Å². The number of methoxy groups -OCH3 is 1. The quantitative estimate of drug-likeness (QED) is 0.767. The molecular formula is C17H17BrO2. The predicted octanol–water partition coefficient (Wildman–Crippen LogP) is 4.56. The molecule has 0 saturated carbocycles. The van der Waals surface area contributed by atoms with Gasteiger partial charge in [0.15, 0.2) is 5.78 Å². The Labute approximate surface area is 127 Å². The van der Waals surface area contributed by atoms with Gasteiger partial charge in [-0.1, -0.05) is 41.1 Å². The van der Waals surface area contributed by atoms with E-state index in [1.54, 1.807) is 13.2 Å². The normalized spacial score (nSPS) is 10.4. The SMILES string of the molecule is CCc1ccc(C(=O)c2ccc(C)c(OC)c2)c(Br)c1. The van der Waals surface area contributed by atoms with E-state index in [-0.39, 0.29) is 5.78 Å². The van der Waals surface area contributed by atoms with Crippen molar-refractivity contribution >= 4 is 21.7 Å². The average molecular weight is 333 g/mol. The van der Waals surface area contributed by atoms with Gasteiger partial charge >= 0.3 is 0 Å². The Hall–Kier alpha value is -1.61. The lowest BCUT2D eigenvalue weighted by molar-refractivity contribution is 0.103. The number of benzene rings is 2. The van der Waals surface area contributed by atoms with Crippen molar-refractivity contribution in [1.82, 2.24) is 0 Å². The van der Waals surface area contributed by atoms with Gasteiger partial charge in [-0.3, -0.25) is 4.79 Å². The molecule has 0 heterocycles. The summed E-state index contributed by atoms with van der Waals surface area (Å²) in [6, 6.07) is 11.4. The standard InChI is InChI=1S/C17H17BrO2/c1-4-12-6-8-14(15(18)9-12)17(19)13-7-5-11(2)16(10-13)20-3/h5-10H,4H2,1-3H3. The minimum absolute atomic E-state index is 0.00201. The van der Waals surface area contributed by atoms with Gasteiger partial charge in [0.25, 0.3) is 0 Å². The molecule has 20 heavy (non-hydrogen) atoms. The highest BCUT2D eigenvalue weighted by Crippen LogP contribution is 2.25. The molecule has 2 aromatic carbocycles. The van der Waals surface area contributed by atoms with Gasteiger partial charge in [0.05, 0.1) is 7.11 Å². The number of carbonyl (C=O) groups is 1. The third-order valence-electron chi connectivity index (χ3n) is 3.36. The molecule has 0 radical (unpaired) electrons. The number of hydrogen-bond acceptors (Lipinski definition) is 2. The molecule has 0 spiro atoms. The van der Waals surface area contributed by atoms with Crippen LogP contribution in [0.2, 0.25) is 0 Å². The van der Waals surface area contributed by atoms with E-state index in [4.69, 9.17) is 4.74 Å². The van der Waals surface area contributed by atoms with Crippen molar-refractivity contribution in [3.05, 3.63) is 63.1 Å². The summed E-state index contributed by atoms with van der Waals surface area (Å²) < 4.78 is 6.11. The third-order valence-corrected chi connectivity index (χ3v) is 4.01. The fraction of sp³-hybridized carbons (Fsp3) is 0.235. The first-order valence-electron chi connectivity index (χ1n) is 6.54. The first kappa shape index (κ1) is 14.8. The van der Waals surface area contributed by atoms with Crippen LogP contribution in [0, 0.1) is 6.92 Å². The molecule has 3 heteroatoms. The molecule has 0 amide bonds. The van der Waals surface area contributed by atoms with Crippen LogP contribution in [0.5, 0.6) is 5.75 Å². The largest absolute Gasteiger partial charge is 0.496 e. The zero-order valence-corrected chi connectivity index (χ0v) is 13.5. The molecule has 2 nitrogen and oxygen atoms in total. The van der Waals surface area contributed by atoms with Crippen LogP contribution in [-0.2, 0) is 6.42 Å². The maximum Gasteiger partial charge on any atom is 0.194 e. The zero-order chi connectivity index (χ0) is 14.7. The summed E-state index contributed by atoms with van der Waals surface area (Å²) in [6.07, 6.45) is 0.950. The molecule has 2 rings (SSSR count). The Morgan fingerprint density at radius 3 is 2.55 bits per heavy atom. The third kappa shape index (κ3) is 2.93. The van der Waals surface area contributed by atoms with Gasteiger partial charge in [-0.15, -0.1) is 0 Å². The molecule has 0 fully saturated rings. The summed E-state index contributed by atoms with van der Waals surface area (Å²) >= 11 is 3.48. The molecular weight excluding hydrogens is 316 g/mol. The minimum Gasteiger partial charge on any atom is -0.496 e. The monoisotopic (exact) mass is 332 g/mol. The molecule has 0 bridgehead atoms. The number of aryl methyl sites for hydroxylation is 2. The van der Waals surface area contributed by atoms with Gasteiger partial charge < -0.3 is 4.74 Å². The van der Waals surface area contributed by atoms with E-state index in [1.807, 2.05) is 37.3 Å². The molecule has 0 aromatic heterocycles. The van der Waals surface area contributed by atoms with Crippen molar-refractivity contribution in [1.29, 1.82) is 0 Å². The Bertz CT molecular complexity index is 647. The lowest BCUT2D eigenvalue weighted by Crippen LogP contribution is -2.03. The molecule has 0 aliphatic heterocycles. The topological polar surface area (TPSA) is 26.3 Å². The summed E-state index contributed by atoms with van der Waals surface area (Å²) in [5.41, 5.74) is 3.53. The molecule has 0 atom stereocenters. The summed E-state index contributed by atoms with van der Waals surface area (Å²) in [6.45, 7) is 4.05. The highest BCUT2D eigenvalue weighted by molar-refractivity contribution is 9.10. The zero-order valence-electron chi connectivity index (χ0n) is 11.9. The van der Waals surface area contributed by atoms with Gasteiger partial charge in [0.1, 0.15) is 5.75 Å². The maximum atomic E-state index is 12.6. The van der Waals surface area contributed by atoms with Gasteiger partial charge in [-0.05, 0) is 42.7 Å². The van der Waals surface area contributed by atoms with Gasteiger partial charge in [-0.25, -0.2) is 0 Å². The van der Waals surface area contributed by atoms with Crippen LogP contribution >= 0.6 is 15.9 Å². The number of ketones is 1. The first-order valence-corrected chi connectivity index (χ1v) is 7.34. The first-order chi connectivity index (χ1) is 9.56. The second-order valence-electron chi connectivity index (χ2n) is 4.68. The van der Waals surface area contributed by atoms with E-state index in [2.05, 4.69) is 22.9 Å². The van der Waals surface area contributed by atoms with Gasteiger partial charge in [0.2, 0.25) is 0 Å². The lowest BCUT2D eigenvalue weighted by atomic mass is 10.00. The number of halogens is 1. The second-order valence-corrected chi connectivity index (χ2v) is 5.54. The highest BCUT2D eigenvalue weighted by Gasteiger charge is 2.14. The summed E-state index contributed by atoms with van der Waals surface area (Å²) in [5.74, 6) is 0.731. The Kier molecular flexibility index (Phi) is 4.61. The van der Waals surface area contributed by atoms with Crippen LogP contribution in [0.4, 0.5) is 0 Å². The highest BCUT2D eigenvalue weighted by atomic mass is 79.9. The van der Waals surface area contributed by atoms with Crippen molar-refractivity contribution in [2.24, 2.45) is 0 Å². The Morgan fingerprint density at radius 2 is 1.95 bits per heavy atom. The summed E-state index contributed by atoms with van der Waals surface area (Å²) in [4.78, 5) is 12.6. The molecule has 0 N–H and O–H groups in total. The molecule has 2 aromatic rings. The lowest BCUT2D eigenvalue weighted by Gasteiger charge is -2.09. The van der Waals surface area contributed by atoms with Crippen molar-refractivity contribution in [2.45, 2.75) is 20.3 Å². The molecule has 0 unspecified atom stereocenters. The van der Waals surface area contributed by atoms with Crippen LogP contribution in [0.1, 0.15) is 34.0 Å². The second kappa shape index (κ2) is 6.23. The summed E-state index contributed by atoms with van der Waals surface area (Å²) in [7, 11) is 1.61.